The summed E-state index contributed by atoms with van der Waals surface area (Å²) < 4.78 is 0. The van der Waals surface area contributed by atoms with Gasteiger partial charge in [0.25, 0.3) is 0 Å². The zero-order valence-corrected chi connectivity index (χ0v) is 11.9. The molecule has 2 heteroatoms. The van der Waals surface area contributed by atoms with Gasteiger partial charge in [-0.25, -0.2) is 0 Å². The molecule has 0 amide bonds. The molecule has 1 aliphatic heterocycles. The van der Waals surface area contributed by atoms with Crippen LogP contribution in [0.1, 0.15) is 13.8 Å². The van der Waals surface area contributed by atoms with E-state index in [1.807, 2.05) is 38.2 Å². The maximum absolute atomic E-state index is 4.60. The first-order valence-corrected chi connectivity index (χ1v) is 6.63. The number of hydrogen-bond acceptors (Lipinski definition) is 2. The highest BCUT2D eigenvalue weighted by Gasteiger charge is 2.09. The minimum absolute atomic E-state index is 0.642. The van der Waals surface area contributed by atoms with Gasteiger partial charge in [-0.2, -0.15) is 0 Å². The SMILES string of the molecule is C=C(C)/C=C(\N=CC)C1=NCC=C2C=C=CC=CC2=C1. The minimum atomic E-state index is 0.642. The maximum atomic E-state index is 4.60. The van der Waals surface area contributed by atoms with Gasteiger partial charge in [0.15, 0.2) is 0 Å². The van der Waals surface area contributed by atoms with Crippen molar-refractivity contribution in [1.29, 1.82) is 0 Å². The smallest absolute Gasteiger partial charge is 0.0880 e. The molecule has 0 fully saturated rings. The lowest BCUT2D eigenvalue weighted by Crippen LogP contribution is -2.00. The van der Waals surface area contributed by atoms with Crippen molar-refractivity contribution >= 4 is 11.9 Å². The van der Waals surface area contributed by atoms with Crippen molar-refractivity contribution in [3.05, 3.63) is 77.3 Å². The normalized spacial score (nSPS) is 18.1. The van der Waals surface area contributed by atoms with E-state index in [-0.39, 0.29) is 0 Å². The van der Waals surface area contributed by atoms with Crippen LogP contribution in [0.5, 0.6) is 0 Å². The van der Waals surface area contributed by atoms with Crippen molar-refractivity contribution in [1.82, 2.24) is 0 Å². The molecule has 0 radical (unpaired) electrons. The molecule has 0 aromatic carbocycles. The molecule has 2 rings (SSSR count). The minimum Gasteiger partial charge on any atom is -0.279 e. The van der Waals surface area contributed by atoms with E-state index in [1.54, 1.807) is 6.21 Å². The van der Waals surface area contributed by atoms with E-state index in [0.29, 0.717) is 6.54 Å². The molecular formula is C18H18N2. The molecule has 0 atom stereocenters. The quantitative estimate of drug-likeness (QED) is 0.415. The van der Waals surface area contributed by atoms with Crippen molar-refractivity contribution < 1.29 is 0 Å². The lowest BCUT2D eigenvalue weighted by Gasteiger charge is -2.04. The predicted octanol–water partition coefficient (Wildman–Crippen LogP) is 4.13. The van der Waals surface area contributed by atoms with E-state index < -0.39 is 0 Å². The van der Waals surface area contributed by atoms with Crippen LogP contribution >= 0.6 is 0 Å². The summed E-state index contributed by atoms with van der Waals surface area (Å²) in [4.78, 5) is 9.01. The average Bonchev–Trinajstić information content (AvgIpc) is 2.72. The molecule has 1 aliphatic carbocycles. The fourth-order valence-electron chi connectivity index (χ4n) is 1.97. The number of fused-ring (bicyclic) bond motifs is 1. The monoisotopic (exact) mass is 262 g/mol. The van der Waals surface area contributed by atoms with Crippen LogP contribution in [-0.4, -0.2) is 18.5 Å². The van der Waals surface area contributed by atoms with Crippen LogP contribution in [0.15, 0.2) is 87.2 Å². The maximum Gasteiger partial charge on any atom is 0.0880 e. The van der Waals surface area contributed by atoms with Crippen molar-refractivity contribution in [3.63, 3.8) is 0 Å². The first-order chi connectivity index (χ1) is 9.70. The third kappa shape index (κ3) is 3.53. The van der Waals surface area contributed by atoms with E-state index in [2.05, 4.69) is 40.5 Å². The van der Waals surface area contributed by atoms with Crippen LogP contribution < -0.4 is 0 Å². The summed E-state index contributed by atoms with van der Waals surface area (Å²) >= 11 is 0. The van der Waals surface area contributed by atoms with Gasteiger partial charge < -0.3 is 0 Å². The zero-order chi connectivity index (χ0) is 14.4. The molecule has 0 bridgehead atoms. The largest absolute Gasteiger partial charge is 0.279 e. The molecule has 0 unspecified atom stereocenters. The van der Waals surface area contributed by atoms with Crippen LogP contribution in [0.3, 0.4) is 0 Å². The third-order valence-electron chi connectivity index (χ3n) is 2.82. The second-order valence-electron chi connectivity index (χ2n) is 4.59. The molecule has 0 spiro atoms. The van der Waals surface area contributed by atoms with E-state index in [4.69, 9.17) is 0 Å². The number of allylic oxidation sites excluding steroid dienone is 8. The third-order valence-corrected chi connectivity index (χ3v) is 2.82. The van der Waals surface area contributed by atoms with E-state index in [0.717, 1.165) is 28.1 Å². The Morgan fingerprint density at radius 2 is 2.30 bits per heavy atom. The van der Waals surface area contributed by atoms with Crippen molar-refractivity contribution in [2.75, 3.05) is 6.54 Å². The Bertz CT molecular complexity index is 656. The molecular weight excluding hydrogens is 244 g/mol. The van der Waals surface area contributed by atoms with Gasteiger partial charge in [-0.3, -0.25) is 9.98 Å². The number of hydrogen-bond donors (Lipinski definition) is 0. The second kappa shape index (κ2) is 6.65. The van der Waals surface area contributed by atoms with Crippen molar-refractivity contribution in [2.24, 2.45) is 9.98 Å². The second-order valence-corrected chi connectivity index (χ2v) is 4.59. The van der Waals surface area contributed by atoms with Crippen molar-refractivity contribution in [3.8, 4) is 0 Å². The first-order valence-electron chi connectivity index (χ1n) is 6.63. The first kappa shape index (κ1) is 14.0. The van der Waals surface area contributed by atoms with E-state index in [9.17, 15) is 0 Å². The molecule has 0 saturated heterocycles. The standard InChI is InChI=1S/C18H18N2/c1-4-19-17(12-14(2)3)18-13-16-9-7-5-6-8-15(16)10-11-20-18/h4-5,7-10,12-13H,2,11H2,1,3H3/b17-12-,19-4?. The van der Waals surface area contributed by atoms with Crippen LogP contribution in [0.4, 0.5) is 0 Å². The molecule has 2 aliphatic rings. The molecule has 2 nitrogen and oxygen atoms in total. The summed E-state index contributed by atoms with van der Waals surface area (Å²) in [6.07, 6.45) is 15.8. The van der Waals surface area contributed by atoms with Gasteiger partial charge in [-0.1, -0.05) is 30.4 Å². The molecule has 0 aromatic heterocycles. The Hall–Kier alpha value is -2.44. The number of nitrogens with zero attached hydrogens (tertiary/aromatic N) is 2. The van der Waals surface area contributed by atoms with Crippen LogP contribution in [0.2, 0.25) is 0 Å². The molecule has 100 valence electrons. The van der Waals surface area contributed by atoms with Gasteiger partial charge >= 0.3 is 0 Å². The van der Waals surface area contributed by atoms with Gasteiger partial charge in [0.05, 0.1) is 18.0 Å². The predicted molar refractivity (Wildman–Crippen MR) is 87.3 cm³/mol. The summed E-state index contributed by atoms with van der Waals surface area (Å²) in [6.45, 7) is 8.42. The summed E-state index contributed by atoms with van der Waals surface area (Å²) in [5, 5.41) is 0. The van der Waals surface area contributed by atoms with Gasteiger partial charge in [0.2, 0.25) is 0 Å². The van der Waals surface area contributed by atoms with Crippen LogP contribution in [0, 0.1) is 0 Å². The number of rotatable bonds is 3. The summed E-state index contributed by atoms with van der Waals surface area (Å²) in [6, 6.07) is 0. The Morgan fingerprint density at radius 1 is 1.45 bits per heavy atom. The summed E-state index contributed by atoms with van der Waals surface area (Å²) in [7, 11) is 0. The molecule has 0 aromatic rings. The molecule has 20 heavy (non-hydrogen) atoms. The molecule has 1 heterocycles. The summed E-state index contributed by atoms with van der Waals surface area (Å²) in [5.74, 6) is 0. The highest BCUT2D eigenvalue weighted by molar-refractivity contribution is 6.10. The topological polar surface area (TPSA) is 24.7 Å². The highest BCUT2D eigenvalue weighted by Crippen LogP contribution is 2.20. The van der Waals surface area contributed by atoms with E-state index in [1.165, 1.54) is 0 Å². The van der Waals surface area contributed by atoms with Crippen molar-refractivity contribution in [2.45, 2.75) is 13.8 Å². The van der Waals surface area contributed by atoms with E-state index >= 15 is 0 Å². The van der Waals surface area contributed by atoms with Crippen LogP contribution in [0.25, 0.3) is 0 Å². The molecule has 0 N–H and O–H groups in total. The van der Waals surface area contributed by atoms with Gasteiger partial charge in [-0.15, -0.1) is 5.73 Å². The van der Waals surface area contributed by atoms with Gasteiger partial charge in [-0.05, 0) is 49.3 Å². The molecule has 0 saturated carbocycles. The lowest BCUT2D eigenvalue weighted by molar-refractivity contribution is 1.23. The lowest BCUT2D eigenvalue weighted by atomic mass is 10.0. The Kier molecular flexibility index (Phi) is 4.65. The summed E-state index contributed by atoms with van der Waals surface area (Å²) in [5.41, 5.74) is 8.08. The van der Waals surface area contributed by atoms with Gasteiger partial charge in [0, 0.05) is 6.21 Å². The van der Waals surface area contributed by atoms with Gasteiger partial charge in [0.1, 0.15) is 0 Å². The fourth-order valence-corrected chi connectivity index (χ4v) is 1.97. The highest BCUT2D eigenvalue weighted by atomic mass is 14.8. The Morgan fingerprint density at radius 3 is 3.05 bits per heavy atom. The number of aliphatic imine (C=N–C) groups is 2. The zero-order valence-electron chi connectivity index (χ0n) is 11.9. The Balaban J connectivity index is 2.44. The Labute approximate surface area is 120 Å². The average molecular weight is 262 g/mol. The fraction of sp³-hybridized carbons (Fsp3) is 0.167. The van der Waals surface area contributed by atoms with Crippen LogP contribution in [-0.2, 0) is 0 Å².